The normalized spacial score (nSPS) is 15.9. The third kappa shape index (κ3) is 3.07. The predicted octanol–water partition coefficient (Wildman–Crippen LogP) is 3.08. The largest absolute Gasteiger partial charge is 0.368 e. The number of nitriles is 1. The lowest BCUT2D eigenvalue weighted by Crippen LogP contribution is -2.46. The first-order valence-electron chi connectivity index (χ1n) is 6.95. The Morgan fingerprint density at radius 3 is 2.67 bits per heavy atom. The molecule has 0 saturated carbocycles. The lowest BCUT2D eigenvalue weighted by atomic mass is 10.1. The van der Waals surface area contributed by atoms with Gasteiger partial charge in [-0.1, -0.05) is 6.07 Å². The molecular formula is C16H16FN3S. The fraction of sp³-hybridized carbons (Fsp3) is 0.312. The molecule has 1 aromatic carbocycles. The second-order valence-corrected chi connectivity index (χ2v) is 5.92. The van der Waals surface area contributed by atoms with E-state index in [0.717, 1.165) is 32.7 Å². The molecule has 3 rings (SSSR count). The van der Waals surface area contributed by atoms with Crippen molar-refractivity contribution >= 4 is 17.0 Å². The van der Waals surface area contributed by atoms with Gasteiger partial charge in [0.15, 0.2) is 0 Å². The molecule has 0 radical (unpaired) electrons. The van der Waals surface area contributed by atoms with E-state index >= 15 is 0 Å². The number of halogens is 1. The van der Waals surface area contributed by atoms with E-state index in [1.165, 1.54) is 11.6 Å². The molecule has 3 nitrogen and oxygen atoms in total. The number of benzene rings is 1. The summed E-state index contributed by atoms with van der Waals surface area (Å²) in [6, 6.07) is 8.97. The lowest BCUT2D eigenvalue weighted by molar-refractivity contribution is 0.250. The molecule has 1 saturated heterocycles. The van der Waals surface area contributed by atoms with Crippen LogP contribution in [-0.4, -0.2) is 31.1 Å². The number of piperazine rings is 1. The lowest BCUT2D eigenvalue weighted by Gasteiger charge is -2.36. The summed E-state index contributed by atoms with van der Waals surface area (Å²) >= 11 is 1.72. The van der Waals surface area contributed by atoms with E-state index in [1.54, 1.807) is 17.4 Å². The standard InChI is InChI=1S/C16H16FN3S/c17-15-2-1-3-16(14(15)10-18)20-7-5-19(6-8-20)11-13-4-9-21-12-13/h1-4,9,12H,5-8,11H2. The van der Waals surface area contributed by atoms with Gasteiger partial charge >= 0.3 is 0 Å². The molecule has 5 heteroatoms. The van der Waals surface area contributed by atoms with Gasteiger partial charge in [0.05, 0.1) is 5.69 Å². The SMILES string of the molecule is N#Cc1c(F)cccc1N1CCN(Cc2ccsc2)CC1. The summed E-state index contributed by atoms with van der Waals surface area (Å²) in [5, 5.41) is 13.4. The van der Waals surface area contributed by atoms with Crippen LogP contribution in [0, 0.1) is 17.1 Å². The van der Waals surface area contributed by atoms with Gasteiger partial charge in [-0.15, -0.1) is 0 Å². The Kier molecular flexibility index (Phi) is 4.18. The van der Waals surface area contributed by atoms with E-state index < -0.39 is 5.82 Å². The minimum absolute atomic E-state index is 0.156. The zero-order valence-electron chi connectivity index (χ0n) is 11.6. The first-order chi connectivity index (χ1) is 10.3. The van der Waals surface area contributed by atoms with Crippen molar-refractivity contribution in [1.29, 1.82) is 5.26 Å². The van der Waals surface area contributed by atoms with Gasteiger partial charge in [-0.25, -0.2) is 4.39 Å². The summed E-state index contributed by atoms with van der Waals surface area (Å²) in [7, 11) is 0. The molecule has 1 fully saturated rings. The summed E-state index contributed by atoms with van der Waals surface area (Å²) in [6.45, 7) is 4.46. The maximum atomic E-state index is 13.7. The molecule has 0 amide bonds. The fourth-order valence-corrected chi connectivity index (χ4v) is 3.33. The number of hydrogen-bond donors (Lipinski definition) is 0. The zero-order valence-corrected chi connectivity index (χ0v) is 12.4. The van der Waals surface area contributed by atoms with Crippen LogP contribution in [-0.2, 0) is 6.54 Å². The molecule has 0 aliphatic carbocycles. The number of rotatable bonds is 3. The van der Waals surface area contributed by atoms with Gasteiger partial charge in [-0.2, -0.15) is 16.6 Å². The molecule has 2 aromatic rings. The predicted molar refractivity (Wildman–Crippen MR) is 82.9 cm³/mol. The molecule has 0 N–H and O–H groups in total. The highest BCUT2D eigenvalue weighted by atomic mass is 32.1. The third-order valence-corrected chi connectivity index (χ3v) is 4.53. The van der Waals surface area contributed by atoms with Crippen LogP contribution >= 0.6 is 11.3 Å². The van der Waals surface area contributed by atoms with Crippen molar-refractivity contribution in [1.82, 2.24) is 4.90 Å². The van der Waals surface area contributed by atoms with Crippen molar-refractivity contribution in [3.05, 3.63) is 52.0 Å². The van der Waals surface area contributed by atoms with Gasteiger partial charge in [0.1, 0.15) is 17.4 Å². The van der Waals surface area contributed by atoms with E-state index in [0.29, 0.717) is 5.69 Å². The summed E-state index contributed by atoms with van der Waals surface area (Å²) in [4.78, 5) is 4.50. The van der Waals surface area contributed by atoms with E-state index in [4.69, 9.17) is 5.26 Å². The molecule has 21 heavy (non-hydrogen) atoms. The maximum Gasteiger partial charge on any atom is 0.143 e. The van der Waals surface area contributed by atoms with Gasteiger partial charge in [0.2, 0.25) is 0 Å². The Hall–Kier alpha value is -1.90. The van der Waals surface area contributed by atoms with Crippen molar-refractivity contribution in [2.24, 2.45) is 0 Å². The van der Waals surface area contributed by atoms with Crippen LogP contribution in [0.5, 0.6) is 0 Å². The van der Waals surface area contributed by atoms with Crippen LogP contribution in [0.1, 0.15) is 11.1 Å². The molecule has 2 heterocycles. The Morgan fingerprint density at radius 1 is 1.19 bits per heavy atom. The number of hydrogen-bond acceptors (Lipinski definition) is 4. The monoisotopic (exact) mass is 301 g/mol. The van der Waals surface area contributed by atoms with Crippen molar-refractivity contribution in [2.75, 3.05) is 31.1 Å². The molecule has 0 atom stereocenters. The Balaban J connectivity index is 1.66. The summed E-state index contributed by atoms with van der Waals surface area (Å²) < 4.78 is 13.7. The molecule has 0 bridgehead atoms. The topological polar surface area (TPSA) is 30.3 Å². The number of thiophene rings is 1. The average molecular weight is 301 g/mol. The Morgan fingerprint density at radius 2 is 2.00 bits per heavy atom. The van der Waals surface area contributed by atoms with E-state index in [1.807, 2.05) is 12.1 Å². The molecule has 0 unspecified atom stereocenters. The second kappa shape index (κ2) is 6.25. The van der Waals surface area contributed by atoms with E-state index in [-0.39, 0.29) is 5.56 Å². The van der Waals surface area contributed by atoms with Gasteiger partial charge < -0.3 is 4.90 Å². The van der Waals surface area contributed by atoms with Gasteiger partial charge in [-0.05, 0) is 34.5 Å². The highest BCUT2D eigenvalue weighted by Gasteiger charge is 2.20. The zero-order chi connectivity index (χ0) is 14.7. The Labute approximate surface area is 127 Å². The van der Waals surface area contributed by atoms with Crippen LogP contribution in [0.4, 0.5) is 10.1 Å². The van der Waals surface area contributed by atoms with Crippen LogP contribution in [0.15, 0.2) is 35.0 Å². The van der Waals surface area contributed by atoms with Crippen LogP contribution < -0.4 is 4.90 Å². The molecule has 1 aromatic heterocycles. The van der Waals surface area contributed by atoms with Crippen molar-refractivity contribution in [3.8, 4) is 6.07 Å². The van der Waals surface area contributed by atoms with E-state index in [9.17, 15) is 4.39 Å². The fourth-order valence-electron chi connectivity index (χ4n) is 2.67. The molecule has 1 aliphatic heterocycles. The van der Waals surface area contributed by atoms with Gasteiger partial charge in [0, 0.05) is 32.7 Å². The smallest absolute Gasteiger partial charge is 0.143 e. The minimum atomic E-state index is -0.435. The molecule has 108 valence electrons. The first-order valence-corrected chi connectivity index (χ1v) is 7.89. The maximum absolute atomic E-state index is 13.7. The molecule has 0 spiro atoms. The second-order valence-electron chi connectivity index (χ2n) is 5.14. The third-order valence-electron chi connectivity index (χ3n) is 3.80. The Bertz CT molecular complexity index is 640. The first kappa shape index (κ1) is 14.1. The number of anilines is 1. The molecular weight excluding hydrogens is 285 g/mol. The average Bonchev–Trinajstić information content (AvgIpc) is 3.01. The van der Waals surface area contributed by atoms with Crippen LogP contribution in [0.3, 0.4) is 0 Å². The highest BCUT2D eigenvalue weighted by Crippen LogP contribution is 2.24. The quantitative estimate of drug-likeness (QED) is 0.873. The van der Waals surface area contributed by atoms with Crippen molar-refractivity contribution < 1.29 is 4.39 Å². The van der Waals surface area contributed by atoms with Crippen molar-refractivity contribution in [3.63, 3.8) is 0 Å². The van der Waals surface area contributed by atoms with Crippen molar-refractivity contribution in [2.45, 2.75) is 6.54 Å². The number of nitrogens with zero attached hydrogens (tertiary/aromatic N) is 3. The van der Waals surface area contributed by atoms with Crippen LogP contribution in [0.25, 0.3) is 0 Å². The summed E-state index contributed by atoms with van der Waals surface area (Å²) in [5.74, 6) is -0.435. The summed E-state index contributed by atoms with van der Waals surface area (Å²) in [5.41, 5.74) is 2.22. The molecule has 1 aliphatic rings. The highest BCUT2D eigenvalue weighted by molar-refractivity contribution is 7.07. The minimum Gasteiger partial charge on any atom is -0.368 e. The van der Waals surface area contributed by atoms with E-state index in [2.05, 4.69) is 26.6 Å². The van der Waals surface area contributed by atoms with Gasteiger partial charge in [0.25, 0.3) is 0 Å². The summed E-state index contributed by atoms with van der Waals surface area (Å²) in [6.07, 6.45) is 0. The van der Waals surface area contributed by atoms with Gasteiger partial charge in [-0.3, -0.25) is 4.90 Å². The van der Waals surface area contributed by atoms with Crippen LogP contribution in [0.2, 0.25) is 0 Å².